The molecule has 1 fully saturated rings. The second kappa shape index (κ2) is 6.46. The minimum atomic E-state index is -0.316. The van der Waals surface area contributed by atoms with E-state index in [0.29, 0.717) is 15.8 Å². The largest absolute Gasteiger partial charge is 0.347 e. The number of carbonyl (C=O) groups excluding carboxylic acids is 1. The van der Waals surface area contributed by atoms with Gasteiger partial charge in [0.2, 0.25) is 0 Å². The third-order valence-corrected chi connectivity index (χ3v) is 5.34. The van der Waals surface area contributed by atoms with E-state index in [4.69, 9.17) is 0 Å². The highest BCUT2D eigenvalue weighted by molar-refractivity contribution is 8.18. The zero-order chi connectivity index (χ0) is 18.3. The third kappa shape index (κ3) is 2.93. The number of carbonyl (C=O) groups is 1. The fourth-order valence-electron chi connectivity index (χ4n) is 2.98. The van der Waals surface area contributed by atoms with Crippen LogP contribution in [-0.2, 0) is 11.8 Å². The number of fused-ring (bicyclic) bond motifs is 1. The Morgan fingerprint density at radius 3 is 2.65 bits per heavy atom. The van der Waals surface area contributed by atoms with Gasteiger partial charge in [0.15, 0.2) is 5.17 Å². The van der Waals surface area contributed by atoms with Crippen LogP contribution in [0.2, 0.25) is 0 Å². The molecule has 130 valence electrons. The molecule has 1 aliphatic heterocycles. The molecule has 1 aromatic heterocycles. The molecule has 4 rings (SSSR count). The molecule has 6 heteroatoms. The summed E-state index contributed by atoms with van der Waals surface area (Å²) < 4.78 is 15.1. The van der Waals surface area contributed by atoms with Gasteiger partial charge in [-0.25, -0.2) is 9.38 Å². The van der Waals surface area contributed by atoms with Crippen LogP contribution in [-0.4, -0.2) is 15.6 Å². The lowest BCUT2D eigenvalue weighted by atomic mass is 10.1. The maximum atomic E-state index is 13.0. The second-order valence-electron chi connectivity index (χ2n) is 6.03. The van der Waals surface area contributed by atoms with Crippen molar-refractivity contribution in [2.24, 2.45) is 12.0 Å². The molecular formula is C20H16FN3OS. The van der Waals surface area contributed by atoms with Crippen molar-refractivity contribution in [1.29, 1.82) is 0 Å². The van der Waals surface area contributed by atoms with Crippen LogP contribution < -0.4 is 5.32 Å². The highest BCUT2D eigenvalue weighted by atomic mass is 32.2. The van der Waals surface area contributed by atoms with Crippen LogP contribution in [0.3, 0.4) is 0 Å². The lowest BCUT2D eigenvalue weighted by molar-refractivity contribution is -0.115. The Labute approximate surface area is 154 Å². The van der Waals surface area contributed by atoms with Crippen LogP contribution >= 0.6 is 11.8 Å². The zero-order valence-corrected chi connectivity index (χ0v) is 15.1. The fraction of sp³-hybridized carbons (Fsp3) is 0.100. The normalized spacial score (nSPS) is 17.4. The monoisotopic (exact) mass is 365 g/mol. The van der Waals surface area contributed by atoms with Crippen LogP contribution in [0.25, 0.3) is 17.0 Å². The SMILES string of the molecule is Cc1c(/C=C2\SC(=Nc3ccc(F)cc3)NC2=O)c2ccccc2n1C. The minimum Gasteiger partial charge on any atom is -0.347 e. The molecule has 0 aliphatic carbocycles. The highest BCUT2D eigenvalue weighted by Crippen LogP contribution is 2.32. The zero-order valence-electron chi connectivity index (χ0n) is 14.3. The van der Waals surface area contributed by atoms with E-state index in [-0.39, 0.29) is 11.7 Å². The first-order valence-corrected chi connectivity index (χ1v) is 8.94. The molecule has 26 heavy (non-hydrogen) atoms. The summed E-state index contributed by atoms with van der Waals surface area (Å²) in [6.45, 7) is 2.04. The average Bonchev–Trinajstić information content (AvgIpc) is 3.10. The molecule has 0 radical (unpaired) electrons. The van der Waals surface area contributed by atoms with Gasteiger partial charge in [-0.1, -0.05) is 18.2 Å². The van der Waals surface area contributed by atoms with Crippen LogP contribution in [0.5, 0.6) is 0 Å². The molecule has 1 aliphatic rings. The predicted molar refractivity (Wildman–Crippen MR) is 105 cm³/mol. The Morgan fingerprint density at radius 1 is 1.15 bits per heavy atom. The summed E-state index contributed by atoms with van der Waals surface area (Å²) in [6.07, 6.45) is 1.91. The van der Waals surface area contributed by atoms with Crippen molar-refractivity contribution in [2.45, 2.75) is 6.92 Å². The first-order valence-electron chi connectivity index (χ1n) is 8.12. The Hall–Kier alpha value is -2.86. The molecule has 0 saturated carbocycles. The Morgan fingerprint density at radius 2 is 1.88 bits per heavy atom. The smallest absolute Gasteiger partial charge is 0.264 e. The summed E-state index contributed by atoms with van der Waals surface area (Å²) in [7, 11) is 2.02. The van der Waals surface area contributed by atoms with Gasteiger partial charge in [-0.05, 0) is 55.1 Å². The number of hydrogen-bond acceptors (Lipinski definition) is 3. The summed E-state index contributed by atoms with van der Waals surface area (Å²) in [5.74, 6) is -0.493. The van der Waals surface area contributed by atoms with Crippen LogP contribution in [0.4, 0.5) is 10.1 Å². The van der Waals surface area contributed by atoms with E-state index in [0.717, 1.165) is 22.2 Å². The number of benzene rings is 2. The molecule has 1 N–H and O–H groups in total. The number of amides is 1. The van der Waals surface area contributed by atoms with Crippen molar-refractivity contribution in [3.63, 3.8) is 0 Å². The summed E-state index contributed by atoms with van der Waals surface area (Å²) in [4.78, 5) is 17.3. The van der Waals surface area contributed by atoms with Gasteiger partial charge in [0.1, 0.15) is 5.82 Å². The highest BCUT2D eigenvalue weighted by Gasteiger charge is 2.25. The van der Waals surface area contributed by atoms with Gasteiger partial charge < -0.3 is 9.88 Å². The second-order valence-corrected chi connectivity index (χ2v) is 7.06. The van der Waals surface area contributed by atoms with Crippen LogP contribution in [0.1, 0.15) is 11.3 Å². The number of rotatable bonds is 2. The number of aliphatic imine (C=N–C) groups is 1. The van der Waals surface area contributed by atoms with Crippen molar-refractivity contribution >= 4 is 45.5 Å². The van der Waals surface area contributed by atoms with Crippen molar-refractivity contribution in [2.75, 3.05) is 0 Å². The molecule has 0 atom stereocenters. The van der Waals surface area contributed by atoms with Gasteiger partial charge in [0.05, 0.1) is 10.6 Å². The number of halogens is 1. The predicted octanol–water partition coefficient (Wildman–Crippen LogP) is 4.52. The van der Waals surface area contributed by atoms with E-state index in [1.54, 1.807) is 12.1 Å². The minimum absolute atomic E-state index is 0.178. The maximum absolute atomic E-state index is 13.0. The quantitative estimate of drug-likeness (QED) is 0.679. The summed E-state index contributed by atoms with van der Waals surface area (Å²) >= 11 is 1.29. The van der Waals surface area contributed by atoms with Crippen molar-refractivity contribution < 1.29 is 9.18 Å². The standard InChI is InChI=1S/C20H16FN3OS/c1-12-16(15-5-3-4-6-17(15)24(12)2)11-18-19(25)23-20(26-18)22-14-9-7-13(21)8-10-14/h3-11H,1-2H3,(H,22,23,25)/b18-11-. The van der Waals surface area contributed by atoms with Gasteiger partial charge in [-0.2, -0.15) is 0 Å². The number of nitrogens with one attached hydrogen (secondary N) is 1. The van der Waals surface area contributed by atoms with E-state index >= 15 is 0 Å². The number of nitrogens with zero attached hydrogens (tertiary/aromatic N) is 2. The van der Waals surface area contributed by atoms with Crippen LogP contribution in [0, 0.1) is 12.7 Å². The Bertz CT molecular complexity index is 1080. The van der Waals surface area contributed by atoms with Gasteiger partial charge in [0, 0.05) is 29.2 Å². The van der Waals surface area contributed by atoms with Crippen molar-refractivity contribution in [1.82, 2.24) is 9.88 Å². The number of aryl methyl sites for hydroxylation is 1. The summed E-state index contributed by atoms with van der Waals surface area (Å²) in [5.41, 5.74) is 3.84. The van der Waals surface area contributed by atoms with E-state index in [2.05, 4.69) is 27.0 Å². The van der Waals surface area contributed by atoms with Crippen molar-refractivity contribution in [3.8, 4) is 0 Å². The fourth-order valence-corrected chi connectivity index (χ4v) is 3.80. The molecule has 0 unspecified atom stereocenters. The Balaban J connectivity index is 1.70. The average molecular weight is 365 g/mol. The topological polar surface area (TPSA) is 46.4 Å². The Kier molecular flexibility index (Phi) is 4.12. The maximum Gasteiger partial charge on any atom is 0.264 e. The number of amidine groups is 1. The lowest BCUT2D eigenvalue weighted by Gasteiger charge is -1.98. The molecule has 1 saturated heterocycles. The van der Waals surface area contributed by atoms with E-state index < -0.39 is 0 Å². The van der Waals surface area contributed by atoms with Crippen molar-refractivity contribution in [3.05, 3.63) is 70.5 Å². The van der Waals surface area contributed by atoms with E-state index in [1.165, 1.54) is 23.9 Å². The lowest BCUT2D eigenvalue weighted by Crippen LogP contribution is -2.19. The number of para-hydroxylation sites is 1. The van der Waals surface area contributed by atoms with Gasteiger partial charge in [-0.15, -0.1) is 0 Å². The summed E-state index contributed by atoms with van der Waals surface area (Å²) in [6, 6.07) is 14.0. The van der Waals surface area contributed by atoms with E-state index in [1.807, 2.05) is 32.2 Å². The molecule has 2 heterocycles. The first-order chi connectivity index (χ1) is 12.5. The molecule has 2 aromatic carbocycles. The first kappa shape index (κ1) is 16.6. The number of thioether (sulfide) groups is 1. The van der Waals surface area contributed by atoms with Gasteiger partial charge in [0.25, 0.3) is 5.91 Å². The van der Waals surface area contributed by atoms with Gasteiger partial charge >= 0.3 is 0 Å². The summed E-state index contributed by atoms with van der Waals surface area (Å²) in [5, 5.41) is 4.37. The molecule has 4 nitrogen and oxygen atoms in total. The number of hydrogen-bond donors (Lipinski definition) is 1. The molecule has 0 spiro atoms. The molecule has 3 aromatic rings. The number of aromatic nitrogens is 1. The van der Waals surface area contributed by atoms with Crippen LogP contribution in [0.15, 0.2) is 58.4 Å². The van der Waals surface area contributed by atoms with E-state index in [9.17, 15) is 9.18 Å². The molecule has 1 amide bonds. The van der Waals surface area contributed by atoms with Gasteiger partial charge in [-0.3, -0.25) is 4.79 Å². The molecular weight excluding hydrogens is 349 g/mol. The third-order valence-electron chi connectivity index (χ3n) is 4.43. The molecule has 0 bridgehead atoms.